The van der Waals surface area contributed by atoms with E-state index in [1.54, 1.807) is 18.2 Å². The summed E-state index contributed by atoms with van der Waals surface area (Å²) in [5.41, 5.74) is 6.51. The molecule has 1 aromatic rings. The van der Waals surface area contributed by atoms with Gasteiger partial charge in [-0.1, -0.05) is 18.2 Å². The van der Waals surface area contributed by atoms with Crippen molar-refractivity contribution in [3.05, 3.63) is 35.4 Å². The van der Waals surface area contributed by atoms with Crippen LogP contribution in [0.4, 0.5) is 0 Å². The van der Waals surface area contributed by atoms with Crippen molar-refractivity contribution in [1.29, 1.82) is 5.26 Å². The van der Waals surface area contributed by atoms with E-state index in [0.717, 1.165) is 5.56 Å². The Labute approximate surface area is 82.3 Å². The van der Waals surface area contributed by atoms with Crippen molar-refractivity contribution in [2.45, 2.75) is 6.54 Å². The van der Waals surface area contributed by atoms with Crippen molar-refractivity contribution in [1.82, 2.24) is 5.32 Å². The van der Waals surface area contributed by atoms with Crippen LogP contribution in [-0.2, 0) is 11.3 Å². The van der Waals surface area contributed by atoms with Gasteiger partial charge < -0.3 is 11.1 Å². The molecule has 0 fully saturated rings. The largest absolute Gasteiger partial charge is 0.351 e. The summed E-state index contributed by atoms with van der Waals surface area (Å²) in [7, 11) is 0. The van der Waals surface area contributed by atoms with Gasteiger partial charge in [-0.2, -0.15) is 5.26 Å². The predicted octanol–water partition coefficient (Wildman–Crippen LogP) is 0.133. The molecular formula is C10H11N3O. The molecule has 0 spiro atoms. The van der Waals surface area contributed by atoms with E-state index in [2.05, 4.69) is 11.4 Å². The fourth-order valence-electron chi connectivity index (χ4n) is 1.05. The van der Waals surface area contributed by atoms with Gasteiger partial charge in [-0.15, -0.1) is 0 Å². The number of carbonyl (C=O) groups is 1. The van der Waals surface area contributed by atoms with Crippen molar-refractivity contribution >= 4 is 5.91 Å². The fourth-order valence-corrected chi connectivity index (χ4v) is 1.05. The van der Waals surface area contributed by atoms with E-state index in [-0.39, 0.29) is 12.5 Å². The molecular weight excluding hydrogens is 178 g/mol. The van der Waals surface area contributed by atoms with E-state index in [0.29, 0.717) is 12.1 Å². The van der Waals surface area contributed by atoms with Crippen LogP contribution in [0.25, 0.3) is 0 Å². The maximum absolute atomic E-state index is 10.9. The highest BCUT2D eigenvalue weighted by atomic mass is 16.1. The van der Waals surface area contributed by atoms with E-state index in [1.807, 2.05) is 6.07 Å². The van der Waals surface area contributed by atoms with Gasteiger partial charge in [-0.05, 0) is 11.6 Å². The second-order valence-corrected chi connectivity index (χ2v) is 2.75. The maximum atomic E-state index is 10.9. The van der Waals surface area contributed by atoms with E-state index >= 15 is 0 Å². The normalized spacial score (nSPS) is 9.14. The minimum atomic E-state index is -0.224. The molecule has 3 N–H and O–H groups in total. The molecule has 1 aromatic carbocycles. The minimum absolute atomic E-state index is 0.0330. The first-order valence-corrected chi connectivity index (χ1v) is 4.22. The van der Waals surface area contributed by atoms with Gasteiger partial charge in [0.05, 0.1) is 18.2 Å². The number of nitrogens with two attached hydrogens (primary N) is 1. The van der Waals surface area contributed by atoms with Gasteiger partial charge in [0.15, 0.2) is 0 Å². The van der Waals surface area contributed by atoms with Gasteiger partial charge in [-0.25, -0.2) is 0 Å². The second-order valence-electron chi connectivity index (χ2n) is 2.75. The van der Waals surface area contributed by atoms with Crippen molar-refractivity contribution in [2.24, 2.45) is 5.73 Å². The molecule has 0 aliphatic heterocycles. The lowest BCUT2D eigenvalue weighted by atomic mass is 10.1. The molecule has 4 heteroatoms. The number of carbonyl (C=O) groups excluding carboxylic acids is 1. The molecule has 1 rings (SSSR count). The van der Waals surface area contributed by atoms with Gasteiger partial charge >= 0.3 is 0 Å². The molecule has 0 aromatic heterocycles. The van der Waals surface area contributed by atoms with Crippen LogP contribution in [0, 0.1) is 11.3 Å². The Bertz CT molecular complexity index is 368. The van der Waals surface area contributed by atoms with E-state index in [9.17, 15) is 4.79 Å². The molecule has 1 amide bonds. The summed E-state index contributed by atoms with van der Waals surface area (Å²) in [5.74, 6) is -0.224. The number of hydrogen-bond acceptors (Lipinski definition) is 3. The number of rotatable bonds is 3. The highest BCUT2D eigenvalue weighted by Crippen LogP contribution is 2.06. The quantitative estimate of drug-likeness (QED) is 0.709. The summed E-state index contributed by atoms with van der Waals surface area (Å²) in [6.45, 7) is 0.314. The number of nitriles is 1. The van der Waals surface area contributed by atoms with Crippen LogP contribution in [0.3, 0.4) is 0 Å². The smallest absolute Gasteiger partial charge is 0.234 e. The van der Waals surface area contributed by atoms with Crippen LogP contribution >= 0.6 is 0 Å². The Kier molecular flexibility index (Phi) is 3.65. The third kappa shape index (κ3) is 2.57. The van der Waals surface area contributed by atoms with Crippen LogP contribution < -0.4 is 11.1 Å². The lowest BCUT2D eigenvalue weighted by Crippen LogP contribution is -2.29. The molecule has 0 unspecified atom stereocenters. The van der Waals surface area contributed by atoms with E-state index < -0.39 is 0 Å². The molecule has 0 bridgehead atoms. The van der Waals surface area contributed by atoms with Crippen molar-refractivity contribution in [2.75, 3.05) is 6.54 Å². The van der Waals surface area contributed by atoms with Gasteiger partial charge in [0.25, 0.3) is 0 Å². The Balaban J connectivity index is 2.68. The summed E-state index contributed by atoms with van der Waals surface area (Å²) >= 11 is 0. The summed E-state index contributed by atoms with van der Waals surface area (Å²) in [6.07, 6.45) is 0. The third-order valence-electron chi connectivity index (χ3n) is 1.80. The van der Waals surface area contributed by atoms with Crippen LogP contribution in [0.5, 0.6) is 0 Å². The minimum Gasteiger partial charge on any atom is -0.351 e. The molecule has 72 valence electrons. The molecule has 4 nitrogen and oxygen atoms in total. The van der Waals surface area contributed by atoms with E-state index in [4.69, 9.17) is 11.0 Å². The number of nitrogens with zero attached hydrogens (tertiary/aromatic N) is 1. The standard InChI is InChI=1S/C10H11N3O/c11-5-8-3-1-2-4-9(8)7-13-10(14)6-12/h1-4H,6-7,12H2,(H,13,14). The number of benzene rings is 1. The van der Waals surface area contributed by atoms with Crippen molar-refractivity contribution in [3.63, 3.8) is 0 Å². The zero-order valence-corrected chi connectivity index (χ0v) is 7.66. The van der Waals surface area contributed by atoms with Gasteiger partial charge in [-0.3, -0.25) is 4.79 Å². The summed E-state index contributed by atoms with van der Waals surface area (Å²) < 4.78 is 0. The maximum Gasteiger partial charge on any atom is 0.234 e. The molecule has 0 aliphatic rings. The zero-order valence-electron chi connectivity index (χ0n) is 7.66. The summed E-state index contributed by atoms with van der Waals surface area (Å²) in [5, 5.41) is 11.4. The second kappa shape index (κ2) is 5.00. The Hall–Kier alpha value is -1.86. The van der Waals surface area contributed by atoms with E-state index in [1.165, 1.54) is 0 Å². The first kappa shape index (κ1) is 10.2. The van der Waals surface area contributed by atoms with Crippen LogP contribution in [0.15, 0.2) is 24.3 Å². The summed E-state index contributed by atoms with van der Waals surface area (Å²) in [4.78, 5) is 10.9. The Morgan fingerprint density at radius 3 is 2.86 bits per heavy atom. The molecule has 0 heterocycles. The van der Waals surface area contributed by atoms with Gasteiger partial charge in [0, 0.05) is 6.54 Å². The third-order valence-corrected chi connectivity index (χ3v) is 1.80. The zero-order chi connectivity index (χ0) is 10.4. The average molecular weight is 189 g/mol. The highest BCUT2D eigenvalue weighted by molar-refractivity contribution is 5.77. The Morgan fingerprint density at radius 2 is 2.21 bits per heavy atom. The SMILES string of the molecule is N#Cc1ccccc1CNC(=O)CN. The van der Waals surface area contributed by atoms with Crippen LogP contribution in [0.2, 0.25) is 0 Å². The monoisotopic (exact) mass is 189 g/mol. The topological polar surface area (TPSA) is 78.9 Å². The molecule has 0 saturated heterocycles. The van der Waals surface area contributed by atoms with Crippen LogP contribution in [-0.4, -0.2) is 12.5 Å². The number of nitrogens with one attached hydrogen (secondary N) is 1. The van der Waals surface area contributed by atoms with Crippen LogP contribution in [0.1, 0.15) is 11.1 Å². The molecule has 14 heavy (non-hydrogen) atoms. The van der Waals surface area contributed by atoms with Crippen molar-refractivity contribution < 1.29 is 4.79 Å². The number of hydrogen-bond donors (Lipinski definition) is 2. The molecule has 0 atom stereocenters. The Morgan fingerprint density at radius 1 is 1.50 bits per heavy atom. The summed E-state index contributed by atoms with van der Waals surface area (Å²) in [6, 6.07) is 9.18. The fraction of sp³-hybridized carbons (Fsp3) is 0.200. The first-order valence-electron chi connectivity index (χ1n) is 4.22. The lowest BCUT2D eigenvalue weighted by molar-refractivity contribution is -0.119. The molecule has 0 aliphatic carbocycles. The van der Waals surface area contributed by atoms with Gasteiger partial charge in [0.2, 0.25) is 5.91 Å². The molecule has 0 saturated carbocycles. The number of amides is 1. The van der Waals surface area contributed by atoms with Crippen molar-refractivity contribution in [3.8, 4) is 6.07 Å². The van der Waals surface area contributed by atoms with Gasteiger partial charge in [0.1, 0.15) is 0 Å². The molecule has 0 radical (unpaired) electrons. The predicted molar refractivity (Wildman–Crippen MR) is 52.1 cm³/mol. The first-order chi connectivity index (χ1) is 6.77. The average Bonchev–Trinajstić information content (AvgIpc) is 2.26. The highest BCUT2D eigenvalue weighted by Gasteiger charge is 2.01. The lowest BCUT2D eigenvalue weighted by Gasteiger charge is -2.04.